The van der Waals surface area contributed by atoms with E-state index < -0.39 is 0 Å². The number of anilines is 1. The predicted molar refractivity (Wildman–Crippen MR) is 141 cm³/mol. The minimum absolute atomic E-state index is 0.0669. The van der Waals surface area contributed by atoms with Crippen molar-refractivity contribution in [2.24, 2.45) is 0 Å². The zero-order valence-corrected chi connectivity index (χ0v) is 21.0. The summed E-state index contributed by atoms with van der Waals surface area (Å²) in [6.07, 6.45) is 3.58. The highest BCUT2D eigenvalue weighted by Gasteiger charge is 2.14. The normalized spacial score (nSPS) is 14.8. The second-order valence-corrected chi connectivity index (χ2v) is 9.05. The quantitative estimate of drug-likeness (QED) is 0.435. The third-order valence-corrected chi connectivity index (χ3v) is 6.46. The lowest BCUT2D eigenvalue weighted by Gasteiger charge is -2.32. The van der Waals surface area contributed by atoms with Crippen LogP contribution in [0.2, 0.25) is 0 Å². The van der Waals surface area contributed by atoms with Crippen molar-refractivity contribution < 1.29 is 9.53 Å². The summed E-state index contributed by atoms with van der Waals surface area (Å²) >= 11 is 0. The number of benzene rings is 2. The number of rotatable bonds is 10. The van der Waals surface area contributed by atoms with Gasteiger partial charge in [0.2, 0.25) is 5.91 Å². The standard InChI is InChI=1S/C27H36N6O2/c1-4-26-29-10-8-24(30-26)21-16-20-6-7-22(35-3)18-23(20)25(17-21)31-27(34)19-28-9-5-11-33-14-12-32(2)13-15-33/h6-8,10,16-18,28H,4-5,9,11-15,19H2,1-3H3,(H,31,34). The number of nitrogens with zero attached hydrogens (tertiary/aromatic N) is 4. The lowest BCUT2D eigenvalue weighted by molar-refractivity contribution is -0.115. The molecule has 0 unspecified atom stereocenters. The van der Waals surface area contributed by atoms with Gasteiger partial charge in [-0.15, -0.1) is 0 Å². The maximum atomic E-state index is 12.8. The van der Waals surface area contributed by atoms with E-state index >= 15 is 0 Å². The van der Waals surface area contributed by atoms with Crippen LogP contribution in [0.3, 0.4) is 0 Å². The average molecular weight is 477 g/mol. The van der Waals surface area contributed by atoms with Crippen molar-refractivity contribution in [1.29, 1.82) is 0 Å². The van der Waals surface area contributed by atoms with E-state index in [0.717, 1.165) is 91.4 Å². The first-order valence-electron chi connectivity index (χ1n) is 12.4. The summed E-state index contributed by atoms with van der Waals surface area (Å²) < 4.78 is 5.42. The molecule has 0 bridgehead atoms. The highest BCUT2D eigenvalue weighted by Crippen LogP contribution is 2.32. The van der Waals surface area contributed by atoms with E-state index in [1.807, 2.05) is 37.3 Å². The van der Waals surface area contributed by atoms with Crippen LogP contribution in [0.25, 0.3) is 22.0 Å². The maximum Gasteiger partial charge on any atom is 0.238 e. The third-order valence-electron chi connectivity index (χ3n) is 6.46. The summed E-state index contributed by atoms with van der Waals surface area (Å²) in [4.78, 5) is 26.6. The fourth-order valence-electron chi connectivity index (χ4n) is 4.34. The molecule has 1 aliphatic rings. The van der Waals surface area contributed by atoms with Crippen LogP contribution in [0.1, 0.15) is 19.2 Å². The van der Waals surface area contributed by atoms with Crippen molar-refractivity contribution in [3.8, 4) is 17.0 Å². The van der Waals surface area contributed by atoms with Gasteiger partial charge >= 0.3 is 0 Å². The molecule has 35 heavy (non-hydrogen) atoms. The second-order valence-electron chi connectivity index (χ2n) is 9.05. The van der Waals surface area contributed by atoms with E-state index in [0.29, 0.717) is 0 Å². The molecule has 2 heterocycles. The van der Waals surface area contributed by atoms with Gasteiger partial charge in [-0.2, -0.15) is 0 Å². The smallest absolute Gasteiger partial charge is 0.238 e. The maximum absolute atomic E-state index is 12.8. The van der Waals surface area contributed by atoms with Gasteiger partial charge in [-0.25, -0.2) is 9.97 Å². The Hall–Kier alpha value is -3.07. The Balaban J connectivity index is 1.42. The van der Waals surface area contributed by atoms with Crippen LogP contribution in [0.5, 0.6) is 5.75 Å². The molecular formula is C27H36N6O2. The first kappa shape index (κ1) is 25.0. The summed E-state index contributed by atoms with van der Waals surface area (Å²) in [5, 5.41) is 8.34. The summed E-state index contributed by atoms with van der Waals surface area (Å²) in [5.74, 6) is 1.48. The van der Waals surface area contributed by atoms with Crippen molar-refractivity contribution in [1.82, 2.24) is 25.1 Å². The number of piperazine rings is 1. The number of ether oxygens (including phenoxy) is 1. The highest BCUT2D eigenvalue weighted by atomic mass is 16.5. The van der Waals surface area contributed by atoms with Gasteiger partial charge in [0.1, 0.15) is 11.6 Å². The summed E-state index contributed by atoms with van der Waals surface area (Å²) in [5.41, 5.74) is 2.53. The molecule has 0 atom stereocenters. The minimum atomic E-state index is -0.0669. The molecule has 8 nitrogen and oxygen atoms in total. The topological polar surface area (TPSA) is 82.6 Å². The lowest BCUT2D eigenvalue weighted by Crippen LogP contribution is -2.45. The summed E-state index contributed by atoms with van der Waals surface area (Å²) in [7, 11) is 3.81. The number of nitrogens with one attached hydrogen (secondary N) is 2. The summed E-state index contributed by atoms with van der Waals surface area (Å²) in [6.45, 7) is 8.68. The fourth-order valence-corrected chi connectivity index (χ4v) is 4.34. The van der Waals surface area contributed by atoms with Gasteiger partial charge in [0.15, 0.2) is 0 Å². The number of aryl methyl sites for hydroxylation is 1. The molecule has 0 saturated carbocycles. The largest absolute Gasteiger partial charge is 0.497 e. The Bertz CT molecular complexity index is 1140. The Morgan fingerprint density at radius 3 is 2.71 bits per heavy atom. The Kier molecular flexibility index (Phi) is 8.63. The number of amides is 1. The van der Waals surface area contributed by atoms with Gasteiger partial charge in [-0.3, -0.25) is 4.79 Å². The second kappa shape index (κ2) is 12.1. The number of hydrogen-bond donors (Lipinski definition) is 2. The van der Waals surface area contributed by atoms with E-state index in [4.69, 9.17) is 4.74 Å². The molecule has 0 spiro atoms. The molecule has 0 radical (unpaired) electrons. The Morgan fingerprint density at radius 1 is 1.11 bits per heavy atom. The van der Waals surface area contributed by atoms with Crippen molar-refractivity contribution in [2.45, 2.75) is 19.8 Å². The van der Waals surface area contributed by atoms with Crippen LogP contribution in [0.15, 0.2) is 42.6 Å². The van der Waals surface area contributed by atoms with Gasteiger partial charge < -0.3 is 25.2 Å². The van der Waals surface area contributed by atoms with Gasteiger partial charge in [-0.05, 0) is 62.3 Å². The SMILES string of the molecule is CCc1nccc(-c2cc(NC(=O)CNCCCN3CCN(C)CC3)c3cc(OC)ccc3c2)n1. The van der Waals surface area contributed by atoms with Gasteiger partial charge in [0, 0.05) is 55.4 Å². The van der Waals surface area contributed by atoms with Crippen molar-refractivity contribution >= 4 is 22.4 Å². The van der Waals surface area contributed by atoms with Crippen molar-refractivity contribution in [2.75, 3.05) is 65.3 Å². The number of hydrogen-bond acceptors (Lipinski definition) is 7. The van der Waals surface area contributed by atoms with Gasteiger partial charge in [0.25, 0.3) is 0 Å². The number of carbonyl (C=O) groups is 1. The molecule has 2 N–H and O–H groups in total. The molecule has 1 aliphatic heterocycles. The molecule has 1 saturated heterocycles. The number of carbonyl (C=O) groups excluding carboxylic acids is 1. The van der Waals surface area contributed by atoms with E-state index in [2.05, 4.69) is 43.5 Å². The van der Waals surface area contributed by atoms with E-state index in [1.54, 1.807) is 13.3 Å². The molecule has 3 aromatic rings. The van der Waals surface area contributed by atoms with E-state index in [-0.39, 0.29) is 12.5 Å². The van der Waals surface area contributed by atoms with Crippen molar-refractivity contribution in [3.05, 3.63) is 48.4 Å². The zero-order chi connectivity index (χ0) is 24.6. The van der Waals surface area contributed by atoms with E-state index in [1.165, 1.54) is 0 Å². The molecule has 186 valence electrons. The van der Waals surface area contributed by atoms with Crippen molar-refractivity contribution in [3.63, 3.8) is 0 Å². The summed E-state index contributed by atoms with van der Waals surface area (Å²) in [6, 6.07) is 11.9. The van der Waals surface area contributed by atoms with E-state index in [9.17, 15) is 4.79 Å². The van der Waals surface area contributed by atoms with Crippen LogP contribution in [-0.2, 0) is 11.2 Å². The van der Waals surface area contributed by atoms with Crippen LogP contribution in [-0.4, -0.2) is 85.6 Å². The third kappa shape index (κ3) is 6.75. The molecule has 2 aromatic carbocycles. The average Bonchev–Trinajstić information content (AvgIpc) is 2.89. The minimum Gasteiger partial charge on any atom is -0.497 e. The Morgan fingerprint density at radius 2 is 1.94 bits per heavy atom. The van der Waals surface area contributed by atoms with Crippen LogP contribution in [0, 0.1) is 0 Å². The molecular weight excluding hydrogens is 440 g/mol. The molecule has 0 aliphatic carbocycles. The van der Waals surface area contributed by atoms with Crippen LogP contribution in [0.4, 0.5) is 5.69 Å². The number of likely N-dealkylation sites (N-methyl/N-ethyl adjacent to an activating group) is 1. The molecule has 1 aromatic heterocycles. The molecule has 8 heteroatoms. The first-order chi connectivity index (χ1) is 17.1. The molecule has 1 fully saturated rings. The zero-order valence-electron chi connectivity index (χ0n) is 21.0. The lowest BCUT2D eigenvalue weighted by atomic mass is 10.0. The van der Waals surface area contributed by atoms with Gasteiger partial charge in [-0.1, -0.05) is 13.0 Å². The molecule has 1 amide bonds. The van der Waals surface area contributed by atoms with Crippen LogP contribution < -0.4 is 15.4 Å². The number of methoxy groups -OCH3 is 1. The number of fused-ring (bicyclic) bond motifs is 1. The monoisotopic (exact) mass is 476 g/mol. The highest BCUT2D eigenvalue weighted by molar-refractivity contribution is 6.05. The first-order valence-corrected chi connectivity index (χ1v) is 12.4. The molecule has 4 rings (SSSR count). The fraction of sp³-hybridized carbons (Fsp3) is 0.444. The van der Waals surface area contributed by atoms with Gasteiger partial charge in [0.05, 0.1) is 19.3 Å². The Labute approximate surface area is 207 Å². The predicted octanol–water partition coefficient (Wildman–Crippen LogP) is 3.03. The van der Waals surface area contributed by atoms with Crippen LogP contribution >= 0.6 is 0 Å². The number of aromatic nitrogens is 2.